The summed E-state index contributed by atoms with van der Waals surface area (Å²) in [7, 11) is 1.90. The molecule has 20 heavy (non-hydrogen) atoms. The summed E-state index contributed by atoms with van der Waals surface area (Å²) >= 11 is 1.82. The van der Waals surface area contributed by atoms with Crippen molar-refractivity contribution in [3.63, 3.8) is 0 Å². The predicted molar refractivity (Wildman–Crippen MR) is 87.2 cm³/mol. The molecule has 2 rings (SSSR count). The molecule has 1 aromatic carbocycles. The Kier molecular flexibility index (Phi) is 5.12. The van der Waals surface area contributed by atoms with Crippen LogP contribution in [0, 0.1) is 0 Å². The summed E-state index contributed by atoms with van der Waals surface area (Å²) in [6.45, 7) is 2.11. The van der Waals surface area contributed by atoms with Gasteiger partial charge in [-0.3, -0.25) is 4.79 Å². The van der Waals surface area contributed by atoms with Gasteiger partial charge in [-0.25, -0.2) is 0 Å². The molecule has 0 bridgehead atoms. The van der Waals surface area contributed by atoms with Crippen LogP contribution in [0.2, 0.25) is 0 Å². The van der Waals surface area contributed by atoms with E-state index in [-0.39, 0.29) is 5.91 Å². The van der Waals surface area contributed by atoms with Gasteiger partial charge >= 0.3 is 0 Å². The highest BCUT2D eigenvalue weighted by Gasteiger charge is 2.17. The standard InChI is InChI=1S/C16H22N2OS/c1-12(8-9-20-3)18(2)16(19)10-13-11-17-15-7-5-4-6-14(13)15/h4-7,11-12,17H,8-10H2,1-3H3. The van der Waals surface area contributed by atoms with Crippen molar-refractivity contribution in [3.8, 4) is 0 Å². The summed E-state index contributed by atoms with van der Waals surface area (Å²) in [5.41, 5.74) is 2.17. The Bertz CT molecular complexity index is 579. The number of aromatic nitrogens is 1. The molecule has 0 saturated heterocycles. The highest BCUT2D eigenvalue weighted by atomic mass is 32.2. The average Bonchev–Trinajstić information content (AvgIpc) is 2.87. The van der Waals surface area contributed by atoms with Gasteiger partial charge in [-0.1, -0.05) is 18.2 Å². The van der Waals surface area contributed by atoms with Crippen LogP contribution in [-0.2, 0) is 11.2 Å². The molecular weight excluding hydrogens is 268 g/mol. The zero-order valence-corrected chi connectivity index (χ0v) is 13.2. The lowest BCUT2D eigenvalue weighted by Gasteiger charge is -2.24. The number of hydrogen-bond acceptors (Lipinski definition) is 2. The van der Waals surface area contributed by atoms with Crippen LogP contribution >= 0.6 is 11.8 Å². The van der Waals surface area contributed by atoms with E-state index in [4.69, 9.17) is 0 Å². The summed E-state index contributed by atoms with van der Waals surface area (Å²) in [5.74, 6) is 1.27. The van der Waals surface area contributed by atoms with E-state index >= 15 is 0 Å². The number of para-hydroxylation sites is 1. The molecule has 4 heteroatoms. The molecule has 0 radical (unpaired) electrons. The smallest absolute Gasteiger partial charge is 0.227 e. The number of hydrogen-bond donors (Lipinski definition) is 1. The molecule has 108 valence electrons. The molecule has 0 aliphatic heterocycles. The van der Waals surface area contributed by atoms with Crippen molar-refractivity contribution < 1.29 is 4.79 Å². The summed E-state index contributed by atoms with van der Waals surface area (Å²) in [6.07, 6.45) is 5.55. The van der Waals surface area contributed by atoms with Crippen molar-refractivity contribution in [2.24, 2.45) is 0 Å². The Labute approximate surface area is 124 Å². The van der Waals surface area contributed by atoms with Gasteiger partial charge in [0.2, 0.25) is 5.91 Å². The molecule has 1 amide bonds. The molecule has 0 aliphatic carbocycles. The van der Waals surface area contributed by atoms with Crippen LogP contribution in [0.1, 0.15) is 18.9 Å². The zero-order valence-electron chi connectivity index (χ0n) is 12.3. The third kappa shape index (κ3) is 3.37. The molecule has 1 N–H and O–H groups in total. The molecule has 0 aliphatic rings. The first-order chi connectivity index (χ1) is 9.63. The van der Waals surface area contributed by atoms with Crippen molar-refractivity contribution in [2.75, 3.05) is 19.1 Å². The van der Waals surface area contributed by atoms with E-state index in [2.05, 4.69) is 24.2 Å². The van der Waals surface area contributed by atoms with E-state index in [0.29, 0.717) is 12.5 Å². The fourth-order valence-corrected chi connectivity index (χ4v) is 2.87. The second kappa shape index (κ2) is 6.84. The Morgan fingerprint density at radius 3 is 2.90 bits per heavy atom. The number of nitrogens with zero attached hydrogens (tertiary/aromatic N) is 1. The van der Waals surface area contributed by atoms with Gasteiger partial charge < -0.3 is 9.88 Å². The molecule has 1 aromatic heterocycles. The molecular formula is C16H22N2OS. The Morgan fingerprint density at radius 2 is 2.15 bits per heavy atom. The largest absolute Gasteiger partial charge is 0.361 e. The maximum absolute atomic E-state index is 12.4. The minimum atomic E-state index is 0.184. The highest BCUT2D eigenvalue weighted by molar-refractivity contribution is 7.98. The van der Waals surface area contributed by atoms with Crippen molar-refractivity contribution in [3.05, 3.63) is 36.0 Å². The van der Waals surface area contributed by atoms with E-state index in [1.54, 1.807) is 0 Å². The molecule has 0 fully saturated rings. The number of carbonyl (C=O) groups is 1. The van der Waals surface area contributed by atoms with E-state index in [0.717, 1.165) is 28.6 Å². The van der Waals surface area contributed by atoms with Crippen LogP contribution < -0.4 is 0 Å². The minimum Gasteiger partial charge on any atom is -0.361 e. The lowest BCUT2D eigenvalue weighted by atomic mass is 10.1. The zero-order chi connectivity index (χ0) is 14.5. The van der Waals surface area contributed by atoms with Crippen molar-refractivity contribution in [1.29, 1.82) is 0 Å². The molecule has 0 spiro atoms. The first kappa shape index (κ1) is 15.0. The van der Waals surface area contributed by atoms with Gasteiger partial charge in [0.25, 0.3) is 0 Å². The first-order valence-electron chi connectivity index (χ1n) is 6.93. The molecule has 1 heterocycles. The Morgan fingerprint density at radius 1 is 1.40 bits per heavy atom. The summed E-state index contributed by atoms with van der Waals surface area (Å²) in [4.78, 5) is 17.5. The number of rotatable bonds is 6. The summed E-state index contributed by atoms with van der Waals surface area (Å²) in [6, 6.07) is 8.40. The third-order valence-corrected chi connectivity index (χ3v) is 4.45. The lowest BCUT2D eigenvalue weighted by molar-refractivity contribution is -0.130. The van der Waals surface area contributed by atoms with Gasteiger partial charge in [0.1, 0.15) is 0 Å². The number of fused-ring (bicyclic) bond motifs is 1. The van der Waals surface area contributed by atoms with E-state index in [9.17, 15) is 4.79 Å². The number of likely N-dealkylation sites (N-methyl/N-ethyl adjacent to an activating group) is 1. The number of H-pyrrole nitrogens is 1. The summed E-state index contributed by atoms with van der Waals surface area (Å²) < 4.78 is 0. The summed E-state index contributed by atoms with van der Waals surface area (Å²) in [5, 5.41) is 1.14. The number of thioether (sulfide) groups is 1. The van der Waals surface area contributed by atoms with Crippen LogP contribution in [0.4, 0.5) is 0 Å². The number of nitrogens with one attached hydrogen (secondary N) is 1. The number of carbonyl (C=O) groups excluding carboxylic acids is 1. The third-order valence-electron chi connectivity index (χ3n) is 3.81. The molecule has 0 saturated carbocycles. The van der Waals surface area contributed by atoms with Crippen molar-refractivity contribution in [2.45, 2.75) is 25.8 Å². The quantitative estimate of drug-likeness (QED) is 0.886. The van der Waals surface area contributed by atoms with Crippen LogP contribution in [0.5, 0.6) is 0 Å². The fourth-order valence-electron chi connectivity index (χ4n) is 2.29. The number of benzene rings is 1. The second-order valence-corrected chi connectivity index (χ2v) is 6.16. The average molecular weight is 290 g/mol. The minimum absolute atomic E-state index is 0.184. The van der Waals surface area contributed by atoms with Crippen LogP contribution in [0.15, 0.2) is 30.5 Å². The maximum Gasteiger partial charge on any atom is 0.227 e. The topological polar surface area (TPSA) is 36.1 Å². The van der Waals surface area contributed by atoms with Gasteiger partial charge in [-0.2, -0.15) is 11.8 Å². The monoisotopic (exact) mass is 290 g/mol. The van der Waals surface area contributed by atoms with E-state index < -0.39 is 0 Å². The van der Waals surface area contributed by atoms with Gasteiger partial charge in [-0.05, 0) is 37.0 Å². The van der Waals surface area contributed by atoms with E-state index in [1.165, 1.54) is 0 Å². The van der Waals surface area contributed by atoms with Crippen LogP contribution in [0.25, 0.3) is 10.9 Å². The molecule has 1 atom stereocenters. The highest BCUT2D eigenvalue weighted by Crippen LogP contribution is 2.19. The second-order valence-electron chi connectivity index (χ2n) is 5.17. The van der Waals surface area contributed by atoms with Gasteiger partial charge in [0.15, 0.2) is 0 Å². The van der Waals surface area contributed by atoms with Gasteiger partial charge in [-0.15, -0.1) is 0 Å². The van der Waals surface area contributed by atoms with Crippen molar-refractivity contribution in [1.82, 2.24) is 9.88 Å². The molecule has 1 unspecified atom stereocenters. The fraction of sp³-hybridized carbons (Fsp3) is 0.438. The lowest BCUT2D eigenvalue weighted by Crippen LogP contribution is -2.36. The maximum atomic E-state index is 12.4. The molecule has 3 nitrogen and oxygen atoms in total. The van der Waals surface area contributed by atoms with Crippen molar-refractivity contribution >= 4 is 28.6 Å². The number of aromatic amines is 1. The first-order valence-corrected chi connectivity index (χ1v) is 8.32. The SMILES string of the molecule is CSCCC(C)N(C)C(=O)Cc1c[nH]c2ccccc12. The van der Waals surface area contributed by atoms with Crippen LogP contribution in [-0.4, -0.2) is 40.9 Å². The number of amides is 1. The normalized spacial score (nSPS) is 12.6. The van der Waals surface area contributed by atoms with E-state index in [1.807, 2.05) is 48.1 Å². The van der Waals surface area contributed by atoms with Gasteiger partial charge in [0, 0.05) is 30.2 Å². The van der Waals surface area contributed by atoms with Crippen LogP contribution in [0.3, 0.4) is 0 Å². The van der Waals surface area contributed by atoms with Gasteiger partial charge in [0.05, 0.1) is 6.42 Å². The predicted octanol–water partition coefficient (Wildman–Crippen LogP) is 3.31. The Hall–Kier alpha value is -1.42. The molecule has 2 aromatic rings. The Balaban J connectivity index is 2.04.